The topological polar surface area (TPSA) is 29.1 Å². The highest BCUT2D eigenvalue weighted by Gasteiger charge is 2.37. The molecule has 4 unspecified atom stereocenters. The third-order valence-corrected chi connectivity index (χ3v) is 5.87. The second-order valence-corrected chi connectivity index (χ2v) is 6.95. The van der Waals surface area contributed by atoms with Gasteiger partial charge in [-0.25, -0.2) is 0 Å². The van der Waals surface area contributed by atoms with Crippen molar-refractivity contribution < 1.29 is 4.21 Å². The van der Waals surface area contributed by atoms with Crippen molar-refractivity contribution in [3.63, 3.8) is 0 Å². The molecule has 92 valence electrons. The van der Waals surface area contributed by atoms with E-state index in [1.54, 1.807) is 0 Å². The smallest absolute Gasteiger partial charge is 0.0548 e. The Hall–Kier alpha value is -0.670. The minimum absolute atomic E-state index is 0.308. The lowest BCUT2D eigenvalue weighted by Crippen LogP contribution is -2.37. The molecule has 3 rings (SSSR count). The minimum Gasteiger partial charge on any atom is -0.309 e. The Bertz CT molecular complexity index is 446. The molecule has 0 amide bonds. The molecule has 0 spiro atoms. The molecule has 1 fully saturated rings. The molecule has 1 aromatic rings. The van der Waals surface area contributed by atoms with Gasteiger partial charge >= 0.3 is 0 Å². The van der Waals surface area contributed by atoms with Gasteiger partial charge in [0.15, 0.2) is 0 Å². The first kappa shape index (κ1) is 11.4. The summed E-state index contributed by atoms with van der Waals surface area (Å²) in [5.41, 5.74) is 2.83. The molecular weight excluding hydrogens is 230 g/mol. The molecular formula is C14H19NOS. The Morgan fingerprint density at radius 2 is 2.06 bits per heavy atom. The number of hydrogen-bond acceptors (Lipinski definition) is 2. The van der Waals surface area contributed by atoms with E-state index >= 15 is 0 Å². The van der Waals surface area contributed by atoms with Crippen LogP contribution in [0, 0.1) is 0 Å². The van der Waals surface area contributed by atoms with Crippen molar-refractivity contribution in [1.82, 2.24) is 5.32 Å². The molecule has 3 heteroatoms. The summed E-state index contributed by atoms with van der Waals surface area (Å²) in [6.45, 7) is 3.26. The quantitative estimate of drug-likeness (QED) is 0.764. The van der Waals surface area contributed by atoms with E-state index < -0.39 is 10.8 Å². The molecule has 1 N–H and O–H groups in total. The molecule has 0 bridgehead atoms. The zero-order chi connectivity index (χ0) is 11.8. The van der Waals surface area contributed by atoms with Gasteiger partial charge in [-0.05, 0) is 36.4 Å². The van der Waals surface area contributed by atoms with E-state index in [0.29, 0.717) is 17.2 Å². The molecule has 2 aliphatic rings. The van der Waals surface area contributed by atoms with Gasteiger partial charge in [-0.15, -0.1) is 0 Å². The number of rotatable bonds is 0. The molecule has 0 aromatic heterocycles. The summed E-state index contributed by atoms with van der Waals surface area (Å²) in [6.07, 6.45) is 2.09. The maximum absolute atomic E-state index is 12.3. The van der Waals surface area contributed by atoms with Crippen LogP contribution in [0.5, 0.6) is 0 Å². The van der Waals surface area contributed by atoms with Crippen LogP contribution in [0.4, 0.5) is 0 Å². The normalized spacial score (nSPS) is 36.8. The van der Waals surface area contributed by atoms with Crippen molar-refractivity contribution in [2.45, 2.75) is 37.0 Å². The predicted octanol–water partition coefficient (Wildman–Crippen LogP) is 2.35. The van der Waals surface area contributed by atoms with E-state index in [1.807, 2.05) is 0 Å². The van der Waals surface area contributed by atoms with Gasteiger partial charge < -0.3 is 5.32 Å². The Labute approximate surface area is 105 Å². The minimum atomic E-state index is -0.665. The lowest BCUT2D eigenvalue weighted by Gasteiger charge is -2.35. The highest BCUT2D eigenvalue weighted by molar-refractivity contribution is 7.85. The van der Waals surface area contributed by atoms with Gasteiger partial charge in [-0.2, -0.15) is 0 Å². The van der Waals surface area contributed by atoms with Crippen LogP contribution >= 0.6 is 0 Å². The van der Waals surface area contributed by atoms with Gasteiger partial charge in [0.05, 0.1) is 5.25 Å². The van der Waals surface area contributed by atoms with Gasteiger partial charge in [0.2, 0.25) is 0 Å². The van der Waals surface area contributed by atoms with Crippen LogP contribution in [-0.2, 0) is 10.8 Å². The first-order valence-corrected chi connectivity index (χ1v) is 7.85. The van der Waals surface area contributed by atoms with Crippen molar-refractivity contribution in [1.29, 1.82) is 0 Å². The largest absolute Gasteiger partial charge is 0.309 e. The molecule has 1 aromatic carbocycles. The van der Waals surface area contributed by atoms with E-state index in [9.17, 15) is 4.21 Å². The first-order valence-electron chi connectivity index (χ1n) is 6.47. The van der Waals surface area contributed by atoms with Gasteiger partial charge in [0.25, 0.3) is 0 Å². The van der Waals surface area contributed by atoms with Crippen LogP contribution in [0.2, 0.25) is 0 Å². The lowest BCUT2D eigenvalue weighted by atomic mass is 9.80. The van der Waals surface area contributed by atoms with Crippen molar-refractivity contribution in [3.8, 4) is 0 Å². The zero-order valence-electron chi connectivity index (χ0n) is 10.2. The number of fused-ring (bicyclic) bond motifs is 3. The average Bonchev–Trinajstić information content (AvgIpc) is 2.53. The predicted molar refractivity (Wildman–Crippen MR) is 71.6 cm³/mol. The second-order valence-electron chi connectivity index (χ2n) is 5.17. The third kappa shape index (κ3) is 1.95. The number of benzene rings is 1. The van der Waals surface area contributed by atoms with Crippen LogP contribution in [0.15, 0.2) is 24.3 Å². The highest BCUT2D eigenvalue weighted by atomic mass is 32.2. The van der Waals surface area contributed by atoms with Crippen molar-refractivity contribution >= 4 is 10.8 Å². The molecule has 17 heavy (non-hydrogen) atoms. The van der Waals surface area contributed by atoms with Gasteiger partial charge in [-0.3, -0.25) is 4.21 Å². The molecule has 2 nitrogen and oxygen atoms in total. The number of hydrogen-bond donors (Lipinski definition) is 1. The van der Waals surface area contributed by atoms with Crippen LogP contribution in [0.1, 0.15) is 42.9 Å². The second kappa shape index (κ2) is 4.54. The van der Waals surface area contributed by atoms with E-state index in [4.69, 9.17) is 0 Å². The molecule has 1 heterocycles. The summed E-state index contributed by atoms with van der Waals surface area (Å²) in [4.78, 5) is 0. The maximum atomic E-state index is 12.3. The molecule has 4 atom stereocenters. The molecule has 1 saturated heterocycles. The SMILES string of the molecule is CC1CC2C(NCCCS2=O)c2ccccc21. The molecule has 1 aliphatic carbocycles. The zero-order valence-corrected chi connectivity index (χ0v) is 11.0. The fourth-order valence-electron chi connectivity index (χ4n) is 3.18. The fourth-order valence-corrected chi connectivity index (χ4v) is 4.96. The Balaban J connectivity index is 2.05. The van der Waals surface area contributed by atoms with Crippen molar-refractivity contribution in [3.05, 3.63) is 35.4 Å². The van der Waals surface area contributed by atoms with E-state index in [2.05, 4.69) is 36.5 Å². The van der Waals surface area contributed by atoms with E-state index in [1.165, 1.54) is 11.1 Å². The van der Waals surface area contributed by atoms with E-state index in [0.717, 1.165) is 25.1 Å². The summed E-state index contributed by atoms with van der Waals surface area (Å²) in [5.74, 6) is 1.40. The monoisotopic (exact) mass is 249 g/mol. The number of nitrogens with one attached hydrogen (secondary N) is 1. The fraction of sp³-hybridized carbons (Fsp3) is 0.571. The lowest BCUT2D eigenvalue weighted by molar-refractivity contribution is 0.447. The summed E-state index contributed by atoms with van der Waals surface area (Å²) >= 11 is 0. The highest BCUT2D eigenvalue weighted by Crippen LogP contribution is 2.40. The first-order chi connectivity index (χ1) is 8.27. The van der Waals surface area contributed by atoms with Gasteiger partial charge in [-0.1, -0.05) is 31.2 Å². The Morgan fingerprint density at radius 1 is 1.29 bits per heavy atom. The molecule has 0 saturated carbocycles. The van der Waals surface area contributed by atoms with Crippen LogP contribution in [0.25, 0.3) is 0 Å². The molecule has 0 radical (unpaired) electrons. The van der Waals surface area contributed by atoms with Crippen LogP contribution in [0.3, 0.4) is 0 Å². The van der Waals surface area contributed by atoms with Crippen molar-refractivity contribution in [2.24, 2.45) is 0 Å². The van der Waals surface area contributed by atoms with Gasteiger partial charge in [0.1, 0.15) is 0 Å². The third-order valence-electron chi connectivity index (χ3n) is 4.04. The summed E-state index contributed by atoms with van der Waals surface area (Å²) in [7, 11) is -0.665. The summed E-state index contributed by atoms with van der Waals surface area (Å²) in [5, 5.41) is 3.91. The van der Waals surface area contributed by atoms with Crippen LogP contribution in [-0.4, -0.2) is 21.8 Å². The van der Waals surface area contributed by atoms with Gasteiger partial charge in [0, 0.05) is 22.6 Å². The summed E-state index contributed by atoms with van der Waals surface area (Å²) in [6, 6.07) is 8.96. The molecule has 1 aliphatic heterocycles. The van der Waals surface area contributed by atoms with E-state index in [-0.39, 0.29) is 0 Å². The van der Waals surface area contributed by atoms with Crippen LogP contribution < -0.4 is 5.32 Å². The standard InChI is InChI=1S/C14H19NOS/c1-10-9-13-14(15-7-4-8-17(13)16)12-6-3-2-5-11(10)12/h2-3,5-6,10,13-15H,4,7-9H2,1H3. The average molecular weight is 249 g/mol. The van der Waals surface area contributed by atoms with Crippen molar-refractivity contribution in [2.75, 3.05) is 12.3 Å². The Kier molecular flexibility index (Phi) is 3.05. The Morgan fingerprint density at radius 3 is 2.88 bits per heavy atom. The summed E-state index contributed by atoms with van der Waals surface area (Å²) < 4.78 is 12.3. The maximum Gasteiger partial charge on any atom is 0.0548 e.